The van der Waals surface area contributed by atoms with Crippen LogP contribution in [0, 0.1) is 5.92 Å². The second-order valence-electron chi connectivity index (χ2n) is 6.69. The molecule has 2 N–H and O–H groups in total. The van der Waals surface area contributed by atoms with Gasteiger partial charge in [-0.05, 0) is 53.6 Å². The highest BCUT2D eigenvalue weighted by molar-refractivity contribution is 5.92. The van der Waals surface area contributed by atoms with Crippen LogP contribution in [-0.2, 0) is 4.79 Å². The topological polar surface area (TPSA) is 41.1 Å². The van der Waals surface area contributed by atoms with E-state index in [-0.39, 0.29) is 17.9 Å². The summed E-state index contributed by atoms with van der Waals surface area (Å²) in [6.45, 7) is 5.92. The summed E-state index contributed by atoms with van der Waals surface area (Å²) in [7, 11) is 0. The highest BCUT2D eigenvalue weighted by atomic mass is 16.1. The number of rotatable bonds is 5. The minimum absolute atomic E-state index is 0.0225. The van der Waals surface area contributed by atoms with Crippen molar-refractivity contribution in [2.24, 2.45) is 5.92 Å². The zero-order valence-corrected chi connectivity index (χ0v) is 14.9. The Bertz CT molecular complexity index is 869. The number of hydrogen-bond acceptors (Lipinski definition) is 2. The molecule has 0 aromatic heterocycles. The molecule has 3 nitrogen and oxygen atoms in total. The molecule has 3 rings (SSSR count). The van der Waals surface area contributed by atoms with Gasteiger partial charge in [0.15, 0.2) is 0 Å². The summed E-state index contributed by atoms with van der Waals surface area (Å²) < 4.78 is 0. The summed E-state index contributed by atoms with van der Waals surface area (Å²) in [6.07, 6.45) is 0. The molecule has 3 aromatic carbocycles. The minimum atomic E-state index is -0.0225. The summed E-state index contributed by atoms with van der Waals surface area (Å²) >= 11 is 0. The number of anilines is 2. The number of amides is 1. The molecule has 0 aliphatic rings. The molecule has 0 spiro atoms. The van der Waals surface area contributed by atoms with Crippen molar-refractivity contribution in [3.8, 4) is 0 Å². The van der Waals surface area contributed by atoms with Crippen LogP contribution in [0.4, 0.5) is 11.4 Å². The average molecular weight is 332 g/mol. The van der Waals surface area contributed by atoms with Gasteiger partial charge in [0.05, 0.1) is 0 Å². The van der Waals surface area contributed by atoms with Crippen LogP contribution in [-0.4, -0.2) is 5.91 Å². The summed E-state index contributed by atoms with van der Waals surface area (Å²) in [6, 6.07) is 23.0. The number of nitrogens with one attached hydrogen (secondary N) is 2. The Morgan fingerprint density at radius 3 is 2.12 bits per heavy atom. The van der Waals surface area contributed by atoms with Gasteiger partial charge >= 0.3 is 0 Å². The number of carbonyl (C=O) groups excluding carboxylic acids is 1. The van der Waals surface area contributed by atoms with Gasteiger partial charge in [0.1, 0.15) is 0 Å². The van der Waals surface area contributed by atoms with Crippen molar-refractivity contribution in [1.82, 2.24) is 0 Å². The molecule has 128 valence electrons. The molecule has 0 radical (unpaired) electrons. The fourth-order valence-corrected chi connectivity index (χ4v) is 2.75. The minimum Gasteiger partial charge on any atom is -0.379 e. The van der Waals surface area contributed by atoms with Crippen LogP contribution >= 0.6 is 0 Å². The molecule has 0 fully saturated rings. The molecular formula is C22H24N2O. The third-order valence-corrected chi connectivity index (χ3v) is 4.33. The highest BCUT2D eigenvalue weighted by Crippen LogP contribution is 2.24. The maximum absolute atomic E-state index is 11.7. The van der Waals surface area contributed by atoms with E-state index >= 15 is 0 Å². The van der Waals surface area contributed by atoms with E-state index in [9.17, 15) is 4.79 Å². The first-order valence-electron chi connectivity index (χ1n) is 8.69. The zero-order chi connectivity index (χ0) is 17.8. The maximum Gasteiger partial charge on any atom is 0.226 e. The fourth-order valence-electron chi connectivity index (χ4n) is 2.75. The summed E-state index contributed by atoms with van der Waals surface area (Å²) in [5, 5.41) is 8.92. The van der Waals surface area contributed by atoms with Crippen LogP contribution in [0.25, 0.3) is 10.8 Å². The first kappa shape index (κ1) is 17.0. The van der Waals surface area contributed by atoms with Crippen LogP contribution in [0.1, 0.15) is 32.4 Å². The van der Waals surface area contributed by atoms with Gasteiger partial charge in [-0.3, -0.25) is 4.79 Å². The summed E-state index contributed by atoms with van der Waals surface area (Å²) in [4.78, 5) is 11.7. The van der Waals surface area contributed by atoms with E-state index < -0.39 is 0 Å². The Labute approximate surface area is 149 Å². The fraction of sp³-hybridized carbons (Fsp3) is 0.227. The van der Waals surface area contributed by atoms with Gasteiger partial charge in [-0.2, -0.15) is 0 Å². The summed E-state index contributed by atoms with van der Waals surface area (Å²) in [5.41, 5.74) is 3.10. The predicted molar refractivity (Wildman–Crippen MR) is 106 cm³/mol. The Balaban J connectivity index is 1.69. The third kappa shape index (κ3) is 4.18. The molecule has 0 saturated carbocycles. The van der Waals surface area contributed by atoms with Crippen molar-refractivity contribution in [2.75, 3.05) is 10.6 Å². The van der Waals surface area contributed by atoms with Crippen LogP contribution < -0.4 is 10.6 Å². The van der Waals surface area contributed by atoms with E-state index in [1.54, 1.807) is 0 Å². The van der Waals surface area contributed by atoms with Gasteiger partial charge in [0.25, 0.3) is 0 Å². The molecule has 25 heavy (non-hydrogen) atoms. The monoisotopic (exact) mass is 332 g/mol. The zero-order valence-electron chi connectivity index (χ0n) is 14.9. The Morgan fingerprint density at radius 1 is 0.800 bits per heavy atom. The lowest BCUT2D eigenvalue weighted by Gasteiger charge is -2.17. The smallest absolute Gasteiger partial charge is 0.226 e. The molecule has 0 saturated heterocycles. The van der Waals surface area contributed by atoms with Gasteiger partial charge in [0.2, 0.25) is 5.91 Å². The Hall–Kier alpha value is -2.81. The molecule has 3 aromatic rings. The van der Waals surface area contributed by atoms with E-state index in [0.717, 1.165) is 11.4 Å². The Morgan fingerprint density at radius 2 is 1.44 bits per heavy atom. The standard InChI is InChI=1S/C22H24N2O/c1-15(2)22(25)24-21-12-10-20(11-13-21)23-16(3)18-9-8-17-6-4-5-7-19(17)14-18/h4-16,23H,1-3H3,(H,24,25). The van der Waals surface area contributed by atoms with Gasteiger partial charge in [0, 0.05) is 23.3 Å². The number of hydrogen-bond donors (Lipinski definition) is 2. The molecule has 1 atom stereocenters. The van der Waals surface area contributed by atoms with Gasteiger partial charge in [-0.1, -0.05) is 50.2 Å². The van der Waals surface area contributed by atoms with E-state index in [1.165, 1.54) is 16.3 Å². The quantitative estimate of drug-likeness (QED) is 0.638. The molecular weight excluding hydrogens is 308 g/mol. The van der Waals surface area contributed by atoms with Crippen molar-refractivity contribution >= 4 is 28.1 Å². The van der Waals surface area contributed by atoms with Crippen molar-refractivity contribution in [2.45, 2.75) is 26.8 Å². The number of fused-ring (bicyclic) bond motifs is 1. The lowest BCUT2D eigenvalue weighted by molar-refractivity contribution is -0.118. The summed E-state index contributed by atoms with van der Waals surface area (Å²) in [5.74, 6) is 0.0102. The van der Waals surface area contributed by atoms with Crippen molar-refractivity contribution in [3.63, 3.8) is 0 Å². The van der Waals surface area contributed by atoms with Crippen LogP contribution in [0.5, 0.6) is 0 Å². The Kier molecular flexibility index (Phi) is 5.03. The van der Waals surface area contributed by atoms with Gasteiger partial charge in [-0.15, -0.1) is 0 Å². The normalized spacial score (nSPS) is 12.2. The molecule has 0 heterocycles. The van der Waals surface area contributed by atoms with E-state index in [2.05, 4.69) is 60.0 Å². The molecule has 0 bridgehead atoms. The SMILES string of the molecule is CC(C)C(=O)Nc1ccc(NC(C)c2ccc3ccccc3c2)cc1. The molecule has 0 aliphatic heterocycles. The lowest BCUT2D eigenvalue weighted by Crippen LogP contribution is -2.17. The second kappa shape index (κ2) is 7.39. The van der Waals surface area contributed by atoms with Crippen LogP contribution in [0.2, 0.25) is 0 Å². The highest BCUT2D eigenvalue weighted by Gasteiger charge is 2.08. The molecule has 3 heteroatoms. The molecule has 0 aliphatic carbocycles. The third-order valence-electron chi connectivity index (χ3n) is 4.33. The maximum atomic E-state index is 11.7. The number of carbonyl (C=O) groups is 1. The van der Waals surface area contributed by atoms with E-state index in [4.69, 9.17) is 0 Å². The van der Waals surface area contributed by atoms with Gasteiger partial charge < -0.3 is 10.6 Å². The van der Waals surface area contributed by atoms with E-state index in [1.807, 2.05) is 38.1 Å². The number of benzene rings is 3. The largest absolute Gasteiger partial charge is 0.379 e. The van der Waals surface area contributed by atoms with Crippen molar-refractivity contribution < 1.29 is 4.79 Å². The van der Waals surface area contributed by atoms with Crippen LogP contribution in [0.15, 0.2) is 66.7 Å². The van der Waals surface area contributed by atoms with Crippen LogP contribution in [0.3, 0.4) is 0 Å². The van der Waals surface area contributed by atoms with Crippen molar-refractivity contribution in [1.29, 1.82) is 0 Å². The molecule has 1 unspecified atom stereocenters. The second-order valence-corrected chi connectivity index (χ2v) is 6.69. The predicted octanol–water partition coefficient (Wildman–Crippen LogP) is 5.61. The van der Waals surface area contributed by atoms with Gasteiger partial charge in [-0.25, -0.2) is 0 Å². The lowest BCUT2D eigenvalue weighted by atomic mass is 10.0. The van der Waals surface area contributed by atoms with E-state index in [0.29, 0.717) is 0 Å². The first-order valence-corrected chi connectivity index (χ1v) is 8.69. The first-order chi connectivity index (χ1) is 12.0. The van der Waals surface area contributed by atoms with Crippen molar-refractivity contribution in [3.05, 3.63) is 72.3 Å². The molecule has 1 amide bonds. The average Bonchev–Trinajstić information content (AvgIpc) is 2.62.